The topological polar surface area (TPSA) is 54.8 Å². The second kappa shape index (κ2) is 9.07. The van der Waals surface area contributed by atoms with Crippen LogP contribution in [-0.4, -0.2) is 24.2 Å². The number of thiazole rings is 1. The SMILES string of the molecule is COc1ccc2nc(N(/N=C/c3ccc(Br)cc3)C(=O)c3ccc(Br)cc3)sc2c1. The summed E-state index contributed by atoms with van der Waals surface area (Å²) in [7, 11) is 1.62. The lowest BCUT2D eigenvalue weighted by molar-refractivity contribution is 0.0988. The molecule has 0 aliphatic carbocycles. The minimum atomic E-state index is -0.262. The van der Waals surface area contributed by atoms with E-state index in [1.165, 1.54) is 16.3 Å². The summed E-state index contributed by atoms with van der Waals surface area (Å²) in [6, 6.07) is 20.5. The zero-order valence-electron chi connectivity index (χ0n) is 15.8. The highest BCUT2D eigenvalue weighted by molar-refractivity contribution is 9.10. The molecule has 8 heteroatoms. The van der Waals surface area contributed by atoms with E-state index in [-0.39, 0.29) is 5.91 Å². The van der Waals surface area contributed by atoms with E-state index in [1.54, 1.807) is 25.5 Å². The van der Waals surface area contributed by atoms with Crippen molar-refractivity contribution in [3.8, 4) is 5.75 Å². The lowest BCUT2D eigenvalue weighted by Gasteiger charge is -2.14. The number of carbonyl (C=O) groups excluding carboxylic acids is 1. The summed E-state index contributed by atoms with van der Waals surface area (Å²) in [6.07, 6.45) is 1.65. The number of amides is 1. The van der Waals surface area contributed by atoms with Crippen LogP contribution in [-0.2, 0) is 0 Å². The number of rotatable bonds is 5. The molecule has 5 nitrogen and oxygen atoms in total. The van der Waals surface area contributed by atoms with Gasteiger partial charge in [-0.05, 0) is 60.2 Å². The monoisotopic (exact) mass is 543 g/mol. The Kier molecular flexibility index (Phi) is 6.26. The largest absolute Gasteiger partial charge is 0.497 e. The van der Waals surface area contributed by atoms with Crippen LogP contribution in [0.4, 0.5) is 5.13 Å². The van der Waals surface area contributed by atoms with Crippen molar-refractivity contribution in [1.82, 2.24) is 4.98 Å². The molecule has 0 saturated carbocycles. The molecule has 0 saturated heterocycles. The van der Waals surface area contributed by atoms with Gasteiger partial charge in [-0.15, -0.1) is 0 Å². The summed E-state index contributed by atoms with van der Waals surface area (Å²) in [6.45, 7) is 0. The molecule has 0 N–H and O–H groups in total. The molecule has 4 aromatic rings. The zero-order valence-corrected chi connectivity index (χ0v) is 19.7. The van der Waals surface area contributed by atoms with Crippen LogP contribution in [0.5, 0.6) is 5.75 Å². The molecule has 1 heterocycles. The van der Waals surface area contributed by atoms with E-state index in [9.17, 15) is 4.79 Å². The molecule has 1 amide bonds. The Morgan fingerprint density at radius 2 is 1.70 bits per heavy atom. The molecule has 0 fully saturated rings. The average molecular weight is 545 g/mol. The smallest absolute Gasteiger partial charge is 0.280 e. The number of fused-ring (bicyclic) bond motifs is 1. The maximum atomic E-state index is 13.3. The number of nitrogens with zero attached hydrogens (tertiary/aromatic N) is 3. The molecule has 1 aromatic heterocycles. The van der Waals surface area contributed by atoms with Crippen LogP contribution in [0, 0.1) is 0 Å². The van der Waals surface area contributed by atoms with Gasteiger partial charge in [0.15, 0.2) is 0 Å². The average Bonchev–Trinajstić information content (AvgIpc) is 3.18. The number of halogens is 2. The second-order valence-corrected chi connectivity index (χ2v) is 9.09. The van der Waals surface area contributed by atoms with E-state index in [4.69, 9.17) is 4.74 Å². The Balaban J connectivity index is 1.75. The summed E-state index contributed by atoms with van der Waals surface area (Å²) >= 11 is 8.20. The molecular formula is C22H15Br2N3O2S. The van der Waals surface area contributed by atoms with E-state index < -0.39 is 0 Å². The number of aromatic nitrogens is 1. The van der Waals surface area contributed by atoms with Crippen molar-refractivity contribution in [1.29, 1.82) is 0 Å². The lowest BCUT2D eigenvalue weighted by Crippen LogP contribution is -2.25. The summed E-state index contributed by atoms with van der Waals surface area (Å²) < 4.78 is 8.08. The number of anilines is 1. The van der Waals surface area contributed by atoms with Crippen molar-refractivity contribution in [2.45, 2.75) is 0 Å². The summed E-state index contributed by atoms with van der Waals surface area (Å²) in [5.41, 5.74) is 2.17. The third-order valence-electron chi connectivity index (χ3n) is 4.24. The molecule has 0 spiro atoms. The fraction of sp³-hybridized carbons (Fsp3) is 0.0455. The van der Waals surface area contributed by atoms with Crippen LogP contribution in [0.3, 0.4) is 0 Å². The Morgan fingerprint density at radius 1 is 1.03 bits per heavy atom. The van der Waals surface area contributed by atoms with Crippen LogP contribution in [0.1, 0.15) is 15.9 Å². The van der Waals surface area contributed by atoms with Gasteiger partial charge in [0.05, 0.1) is 23.5 Å². The Hall–Kier alpha value is -2.55. The van der Waals surface area contributed by atoms with Gasteiger partial charge in [-0.25, -0.2) is 4.98 Å². The van der Waals surface area contributed by atoms with Crippen molar-refractivity contribution in [2.24, 2.45) is 5.10 Å². The lowest BCUT2D eigenvalue weighted by atomic mass is 10.2. The van der Waals surface area contributed by atoms with Crippen molar-refractivity contribution in [2.75, 3.05) is 12.1 Å². The first kappa shape index (κ1) is 20.7. The number of ether oxygens (including phenoxy) is 1. The highest BCUT2D eigenvalue weighted by Crippen LogP contribution is 2.32. The molecule has 0 aliphatic heterocycles. The van der Waals surface area contributed by atoms with Gasteiger partial charge in [-0.1, -0.05) is 55.3 Å². The third kappa shape index (κ3) is 4.61. The first-order valence-corrected chi connectivity index (χ1v) is 11.3. The van der Waals surface area contributed by atoms with Gasteiger partial charge in [-0.3, -0.25) is 4.79 Å². The van der Waals surface area contributed by atoms with Gasteiger partial charge in [0, 0.05) is 14.5 Å². The molecule has 30 heavy (non-hydrogen) atoms. The standard InChI is InChI=1S/C22H15Br2N3O2S/c1-29-18-10-11-19-20(12-18)30-22(26-19)27(21(28)15-4-8-17(24)9-5-15)25-13-14-2-6-16(23)7-3-14/h2-13H,1H3/b25-13+. The van der Waals surface area contributed by atoms with Crippen LogP contribution in [0.2, 0.25) is 0 Å². The molecule has 0 bridgehead atoms. The molecule has 0 radical (unpaired) electrons. The fourth-order valence-electron chi connectivity index (χ4n) is 2.69. The number of methoxy groups -OCH3 is 1. The molecule has 0 atom stereocenters. The van der Waals surface area contributed by atoms with Gasteiger partial charge in [-0.2, -0.15) is 10.1 Å². The number of benzene rings is 3. The van der Waals surface area contributed by atoms with Crippen LogP contribution in [0.15, 0.2) is 80.8 Å². The van der Waals surface area contributed by atoms with E-state index in [0.717, 1.165) is 30.5 Å². The van der Waals surface area contributed by atoms with Gasteiger partial charge >= 0.3 is 0 Å². The molecule has 0 aliphatic rings. The van der Waals surface area contributed by atoms with E-state index in [1.807, 2.05) is 54.6 Å². The van der Waals surface area contributed by atoms with E-state index in [0.29, 0.717) is 10.7 Å². The van der Waals surface area contributed by atoms with Crippen LogP contribution >= 0.6 is 43.2 Å². The minimum Gasteiger partial charge on any atom is -0.497 e. The van der Waals surface area contributed by atoms with Crippen molar-refractivity contribution < 1.29 is 9.53 Å². The summed E-state index contributed by atoms with van der Waals surface area (Å²) in [5.74, 6) is 0.476. The summed E-state index contributed by atoms with van der Waals surface area (Å²) in [5, 5.41) is 6.30. The maximum absolute atomic E-state index is 13.3. The Bertz CT molecular complexity index is 1220. The van der Waals surface area contributed by atoms with E-state index >= 15 is 0 Å². The highest BCUT2D eigenvalue weighted by atomic mass is 79.9. The Labute approximate surface area is 194 Å². The third-order valence-corrected chi connectivity index (χ3v) is 6.29. The van der Waals surface area contributed by atoms with Gasteiger partial charge in [0.2, 0.25) is 5.13 Å². The maximum Gasteiger partial charge on any atom is 0.280 e. The molecule has 4 rings (SSSR count). The first-order chi connectivity index (χ1) is 14.5. The first-order valence-electron chi connectivity index (χ1n) is 8.87. The van der Waals surface area contributed by atoms with Crippen LogP contribution < -0.4 is 9.75 Å². The highest BCUT2D eigenvalue weighted by Gasteiger charge is 2.21. The van der Waals surface area contributed by atoms with Gasteiger partial charge in [0.25, 0.3) is 5.91 Å². The molecular weight excluding hydrogens is 530 g/mol. The minimum absolute atomic E-state index is 0.262. The normalized spacial score (nSPS) is 11.2. The summed E-state index contributed by atoms with van der Waals surface area (Å²) in [4.78, 5) is 17.9. The molecule has 3 aromatic carbocycles. The molecule has 150 valence electrons. The Morgan fingerprint density at radius 3 is 2.37 bits per heavy atom. The van der Waals surface area contributed by atoms with Crippen LogP contribution in [0.25, 0.3) is 10.2 Å². The van der Waals surface area contributed by atoms with E-state index in [2.05, 4.69) is 41.9 Å². The fourth-order valence-corrected chi connectivity index (χ4v) is 4.17. The van der Waals surface area contributed by atoms with Crippen molar-refractivity contribution in [3.63, 3.8) is 0 Å². The number of carbonyl (C=O) groups is 1. The van der Waals surface area contributed by atoms with Crippen molar-refractivity contribution >= 4 is 70.7 Å². The predicted molar refractivity (Wildman–Crippen MR) is 129 cm³/mol. The quantitative estimate of drug-likeness (QED) is 0.212. The van der Waals surface area contributed by atoms with Gasteiger partial charge < -0.3 is 4.74 Å². The number of hydrazone groups is 1. The predicted octanol–water partition coefficient (Wildman–Crippen LogP) is 6.51. The van der Waals surface area contributed by atoms with Crippen molar-refractivity contribution in [3.05, 3.63) is 86.8 Å². The van der Waals surface area contributed by atoms with Gasteiger partial charge in [0.1, 0.15) is 5.75 Å². The molecule has 0 unspecified atom stereocenters. The number of hydrogen-bond donors (Lipinski definition) is 0. The second-order valence-electron chi connectivity index (χ2n) is 6.25. The number of hydrogen-bond acceptors (Lipinski definition) is 5. The zero-order chi connectivity index (χ0) is 21.1.